The summed E-state index contributed by atoms with van der Waals surface area (Å²) < 4.78 is 0. The number of benzene rings is 1. The van der Waals surface area contributed by atoms with Crippen LogP contribution in [0, 0.1) is 43.4 Å². The van der Waals surface area contributed by atoms with Crippen molar-refractivity contribution in [1.29, 1.82) is 0 Å². The maximum Gasteiger partial charge on any atom is 0.228 e. The van der Waals surface area contributed by atoms with Gasteiger partial charge in [-0.25, -0.2) is 0 Å². The molecule has 3 aliphatic rings. The number of amides is 1. The van der Waals surface area contributed by atoms with E-state index in [-0.39, 0.29) is 5.91 Å². The number of anilines is 1. The Bertz CT molecular complexity index is 534. The molecule has 19 heavy (non-hydrogen) atoms. The first kappa shape index (κ1) is 11.5. The van der Waals surface area contributed by atoms with Crippen LogP contribution in [0.15, 0.2) is 18.2 Å². The fourth-order valence-corrected chi connectivity index (χ4v) is 4.85. The summed E-state index contributed by atoms with van der Waals surface area (Å²) in [5, 5.41) is 3.16. The van der Waals surface area contributed by atoms with Crippen LogP contribution in [0.25, 0.3) is 0 Å². The van der Waals surface area contributed by atoms with Gasteiger partial charge in [0.15, 0.2) is 0 Å². The van der Waals surface area contributed by atoms with Crippen LogP contribution in [0.2, 0.25) is 0 Å². The number of carbonyl (C=O) groups excluding carboxylic acids is 1. The highest BCUT2D eigenvalue weighted by atomic mass is 16.2. The summed E-state index contributed by atoms with van der Waals surface area (Å²) in [6.07, 6.45) is 4.15. The van der Waals surface area contributed by atoms with Gasteiger partial charge in [0.25, 0.3) is 0 Å². The normalized spacial score (nSPS) is 38.1. The molecule has 3 saturated carbocycles. The van der Waals surface area contributed by atoms with Crippen LogP contribution in [0.3, 0.4) is 0 Å². The number of aryl methyl sites for hydroxylation is 2. The fraction of sp³-hybridized carbons (Fsp3) is 0.588. The Kier molecular flexibility index (Phi) is 2.33. The van der Waals surface area contributed by atoms with Crippen LogP contribution in [0.4, 0.5) is 5.69 Å². The highest BCUT2D eigenvalue weighted by Gasteiger charge is 2.67. The summed E-state index contributed by atoms with van der Waals surface area (Å²) >= 11 is 0. The molecule has 2 bridgehead atoms. The van der Waals surface area contributed by atoms with Crippen LogP contribution in [0.1, 0.15) is 30.4 Å². The molecule has 0 heterocycles. The molecular formula is C17H21NO. The molecule has 1 aromatic rings. The van der Waals surface area contributed by atoms with Gasteiger partial charge in [0.2, 0.25) is 5.91 Å². The number of nitrogens with one attached hydrogen (secondary N) is 1. The van der Waals surface area contributed by atoms with Gasteiger partial charge in [0.05, 0.1) is 0 Å². The summed E-state index contributed by atoms with van der Waals surface area (Å²) in [6.45, 7) is 4.15. The first-order chi connectivity index (χ1) is 9.15. The van der Waals surface area contributed by atoms with Gasteiger partial charge in [-0.15, -0.1) is 0 Å². The molecule has 2 nitrogen and oxygen atoms in total. The third kappa shape index (κ3) is 1.65. The van der Waals surface area contributed by atoms with Gasteiger partial charge in [0, 0.05) is 11.6 Å². The maximum atomic E-state index is 12.4. The van der Waals surface area contributed by atoms with Gasteiger partial charge in [-0.2, -0.15) is 0 Å². The molecule has 4 rings (SSSR count). The van der Waals surface area contributed by atoms with Crippen molar-refractivity contribution in [1.82, 2.24) is 0 Å². The standard InChI is InChI=1S/C17H21NO/c1-9-3-6-13(10(2)7-9)18-17(19)16-14-11-4-5-12(8-11)15(14)16/h3,6-7,11-12,14-16H,4-5,8H2,1-2H3,(H,18,19). The lowest BCUT2D eigenvalue weighted by atomic mass is 10.0. The van der Waals surface area contributed by atoms with Crippen molar-refractivity contribution in [2.24, 2.45) is 29.6 Å². The first-order valence-electron chi connectivity index (χ1n) is 7.53. The summed E-state index contributed by atoms with van der Waals surface area (Å²) in [4.78, 5) is 12.4. The molecule has 0 aliphatic heterocycles. The van der Waals surface area contributed by atoms with Crippen LogP contribution in [-0.4, -0.2) is 5.91 Å². The number of carbonyl (C=O) groups is 1. The van der Waals surface area contributed by atoms with E-state index < -0.39 is 0 Å². The molecular weight excluding hydrogens is 234 g/mol. The quantitative estimate of drug-likeness (QED) is 0.860. The van der Waals surface area contributed by atoms with Gasteiger partial charge in [-0.1, -0.05) is 17.7 Å². The minimum Gasteiger partial charge on any atom is -0.326 e. The van der Waals surface area contributed by atoms with Gasteiger partial charge >= 0.3 is 0 Å². The third-order valence-electron chi connectivity index (χ3n) is 5.68. The van der Waals surface area contributed by atoms with Gasteiger partial charge < -0.3 is 5.32 Å². The van der Waals surface area contributed by atoms with Crippen molar-refractivity contribution >= 4 is 11.6 Å². The minimum atomic E-state index is 0.276. The Morgan fingerprint density at radius 2 is 1.84 bits per heavy atom. The van der Waals surface area contributed by atoms with Crippen LogP contribution in [0.5, 0.6) is 0 Å². The van der Waals surface area contributed by atoms with Crippen molar-refractivity contribution in [3.8, 4) is 0 Å². The Hall–Kier alpha value is -1.31. The molecule has 1 N–H and O–H groups in total. The molecule has 0 saturated heterocycles. The number of hydrogen-bond donors (Lipinski definition) is 1. The summed E-state index contributed by atoms with van der Waals surface area (Å²) in [6, 6.07) is 6.24. The van der Waals surface area contributed by atoms with E-state index in [2.05, 4.69) is 31.3 Å². The smallest absolute Gasteiger partial charge is 0.228 e. The molecule has 1 amide bonds. The predicted octanol–water partition coefficient (Wildman–Crippen LogP) is 3.53. The van der Waals surface area contributed by atoms with Gasteiger partial charge in [-0.3, -0.25) is 4.79 Å². The third-order valence-corrected chi connectivity index (χ3v) is 5.68. The lowest BCUT2D eigenvalue weighted by Gasteiger charge is -2.12. The molecule has 2 heteroatoms. The Labute approximate surface area is 114 Å². The molecule has 0 spiro atoms. The molecule has 1 aromatic carbocycles. The number of rotatable bonds is 2. The average Bonchev–Trinajstić information content (AvgIpc) is 2.82. The zero-order valence-electron chi connectivity index (χ0n) is 11.6. The molecule has 3 aliphatic carbocycles. The van der Waals surface area contributed by atoms with Crippen molar-refractivity contribution in [2.45, 2.75) is 33.1 Å². The van der Waals surface area contributed by atoms with E-state index in [9.17, 15) is 4.79 Å². The van der Waals surface area contributed by atoms with Gasteiger partial charge in [0.1, 0.15) is 0 Å². The van der Waals surface area contributed by atoms with Crippen molar-refractivity contribution in [3.63, 3.8) is 0 Å². The highest BCUT2D eigenvalue weighted by Crippen LogP contribution is 2.69. The zero-order valence-corrected chi connectivity index (χ0v) is 11.6. The molecule has 4 unspecified atom stereocenters. The van der Waals surface area contributed by atoms with E-state index in [4.69, 9.17) is 0 Å². The molecule has 0 radical (unpaired) electrons. The topological polar surface area (TPSA) is 29.1 Å². The van der Waals surface area contributed by atoms with E-state index in [1.165, 1.54) is 30.4 Å². The van der Waals surface area contributed by atoms with Crippen LogP contribution in [-0.2, 0) is 4.79 Å². The first-order valence-corrected chi connectivity index (χ1v) is 7.53. The second-order valence-electron chi connectivity index (χ2n) is 6.82. The number of hydrogen-bond acceptors (Lipinski definition) is 1. The number of fused-ring (bicyclic) bond motifs is 5. The fourth-order valence-electron chi connectivity index (χ4n) is 4.85. The van der Waals surface area contributed by atoms with Crippen molar-refractivity contribution < 1.29 is 4.79 Å². The second kappa shape index (κ2) is 3.84. The minimum absolute atomic E-state index is 0.276. The van der Waals surface area contributed by atoms with Crippen molar-refractivity contribution in [3.05, 3.63) is 29.3 Å². The summed E-state index contributed by atoms with van der Waals surface area (Å²) in [7, 11) is 0. The zero-order chi connectivity index (χ0) is 13.1. The Balaban J connectivity index is 1.48. The SMILES string of the molecule is Cc1ccc(NC(=O)C2C3C4CCC(C4)C23)c(C)c1. The monoisotopic (exact) mass is 255 g/mol. The Morgan fingerprint density at radius 1 is 1.16 bits per heavy atom. The molecule has 0 aromatic heterocycles. The highest BCUT2D eigenvalue weighted by molar-refractivity contribution is 5.95. The van der Waals surface area contributed by atoms with Crippen LogP contribution >= 0.6 is 0 Å². The van der Waals surface area contributed by atoms with E-state index in [1.807, 2.05) is 6.07 Å². The molecule has 3 fully saturated rings. The average molecular weight is 255 g/mol. The van der Waals surface area contributed by atoms with Crippen LogP contribution < -0.4 is 5.32 Å². The Morgan fingerprint density at radius 3 is 2.47 bits per heavy atom. The summed E-state index contributed by atoms with van der Waals surface area (Å²) in [5.74, 6) is 3.79. The van der Waals surface area contributed by atoms with E-state index in [0.29, 0.717) is 5.92 Å². The van der Waals surface area contributed by atoms with E-state index >= 15 is 0 Å². The maximum absolute atomic E-state index is 12.4. The van der Waals surface area contributed by atoms with E-state index in [0.717, 1.165) is 29.4 Å². The molecule has 4 atom stereocenters. The van der Waals surface area contributed by atoms with E-state index in [1.54, 1.807) is 0 Å². The molecule has 100 valence electrons. The lowest BCUT2D eigenvalue weighted by Crippen LogP contribution is -2.19. The summed E-state index contributed by atoms with van der Waals surface area (Å²) in [5.41, 5.74) is 3.41. The lowest BCUT2D eigenvalue weighted by molar-refractivity contribution is -0.118. The largest absolute Gasteiger partial charge is 0.326 e. The predicted molar refractivity (Wildman–Crippen MR) is 75.8 cm³/mol. The second-order valence-corrected chi connectivity index (χ2v) is 6.82. The van der Waals surface area contributed by atoms with Gasteiger partial charge in [-0.05, 0) is 68.4 Å². The van der Waals surface area contributed by atoms with Crippen molar-refractivity contribution in [2.75, 3.05) is 5.32 Å².